The number of aromatic nitrogens is 2. The quantitative estimate of drug-likeness (QED) is 0.737. The van der Waals surface area contributed by atoms with Crippen LogP contribution in [0.5, 0.6) is 0 Å². The zero-order valence-corrected chi connectivity index (χ0v) is 14.3. The molecule has 0 radical (unpaired) electrons. The monoisotopic (exact) mass is 279 g/mol. The van der Waals surface area contributed by atoms with E-state index in [0.29, 0.717) is 6.04 Å². The highest BCUT2D eigenvalue weighted by atomic mass is 15.3. The summed E-state index contributed by atoms with van der Waals surface area (Å²) in [6, 6.07) is 0.406. The van der Waals surface area contributed by atoms with Gasteiger partial charge in [0.15, 0.2) is 0 Å². The van der Waals surface area contributed by atoms with Crippen LogP contribution in [-0.4, -0.2) is 16.3 Å². The molecular weight excluding hydrogens is 246 g/mol. The average molecular weight is 279 g/mol. The summed E-state index contributed by atoms with van der Waals surface area (Å²) in [6.07, 6.45) is 4.60. The van der Waals surface area contributed by atoms with Gasteiger partial charge in [-0.3, -0.25) is 4.68 Å². The highest BCUT2D eigenvalue weighted by Crippen LogP contribution is 2.24. The Morgan fingerprint density at radius 1 is 1.10 bits per heavy atom. The van der Waals surface area contributed by atoms with Gasteiger partial charge in [-0.2, -0.15) is 5.10 Å². The molecule has 0 bridgehead atoms. The van der Waals surface area contributed by atoms with Crippen molar-refractivity contribution in [2.24, 2.45) is 5.92 Å². The Labute approximate surface area is 125 Å². The molecule has 20 heavy (non-hydrogen) atoms. The molecule has 0 aromatic carbocycles. The fourth-order valence-electron chi connectivity index (χ4n) is 2.94. The van der Waals surface area contributed by atoms with Crippen LogP contribution in [0.25, 0.3) is 0 Å². The van der Waals surface area contributed by atoms with E-state index in [1.54, 1.807) is 0 Å². The van der Waals surface area contributed by atoms with Crippen LogP contribution in [0.4, 0.5) is 0 Å². The molecule has 0 aliphatic carbocycles. The molecule has 3 nitrogen and oxygen atoms in total. The first-order chi connectivity index (χ1) is 9.54. The third-order valence-electron chi connectivity index (χ3n) is 3.94. The van der Waals surface area contributed by atoms with Crippen molar-refractivity contribution < 1.29 is 0 Å². The number of nitrogens with zero attached hydrogens (tertiary/aromatic N) is 2. The topological polar surface area (TPSA) is 29.9 Å². The largest absolute Gasteiger partial charge is 0.310 e. The lowest BCUT2D eigenvalue weighted by Crippen LogP contribution is -2.20. The number of hydrogen-bond donors (Lipinski definition) is 1. The van der Waals surface area contributed by atoms with Crippen LogP contribution in [0, 0.1) is 5.92 Å². The first-order valence-electron chi connectivity index (χ1n) is 8.36. The van der Waals surface area contributed by atoms with Crippen molar-refractivity contribution in [2.45, 2.75) is 79.8 Å². The van der Waals surface area contributed by atoms with Gasteiger partial charge in [0.2, 0.25) is 0 Å². The van der Waals surface area contributed by atoms with Crippen LogP contribution < -0.4 is 5.32 Å². The van der Waals surface area contributed by atoms with Crippen molar-refractivity contribution in [3.8, 4) is 0 Å². The summed E-state index contributed by atoms with van der Waals surface area (Å²) in [5.74, 6) is 0.779. The van der Waals surface area contributed by atoms with Crippen molar-refractivity contribution >= 4 is 0 Å². The zero-order valence-electron chi connectivity index (χ0n) is 14.3. The second-order valence-corrected chi connectivity index (χ2v) is 6.05. The summed E-state index contributed by atoms with van der Waals surface area (Å²) in [4.78, 5) is 0. The highest BCUT2D eigenvalue weighted by Gasteiger charge is 2.19. The molecule has 0 saturated heterocycles. The summed E-state index contributed by atoms with van der Waals surface area (Å²) in [6.45, 7) is 15.5. The van der Waals surface area contributed by atoms with Gasteiger partial charge in [-0.15, -0.1) is 0 Å². The van der Waals surface area contributed by atoms with Crippen LogP contribution >= 0.6 is 0 Å². The second-order valence-electron chi connectivity index (χ2n) is 6.05. The third kappa shape index (κ3) is 4.34. The average Bonchev–Trinajstić information content (AvgIpc) is 2.76. The number of aryl methyl sites for hydroxylation is 2. The maximum Gasteiger partial charge on any atom is 0.0672 e. The van der Waals surface area contributed by atoms with Gasteiger partial charge in [-0.25, -0.2) is 0 Å². The van der Waals surface area contributed by atoms with E-state index in [-0.39, 0.29) is 0 Å². The number of rotatable bonds is 9. The molecule has 1 N–H and O–H groups in total. The Bertz CT molecular complexity index is 393. The van der Waals surface area contributed by atoms with Crippen molar-refractivity contribution in [2.75, 3.05) is 6.54 Å². The summed E-state index contributed by atoms with van der Waals surface area (Å²) in [7, 11) is 0. The normalized spacial score (nSPS) is 13.2. The van der Waals surface area contributed by atoms with Crippen LogP contribution in [-0.2, 0) is 19.4 Å². The van der Waals surface area contributed by atoms with E-state index < -0.39 is 0 Å². The van der Waals surface area contributed by atoms with Gasteiger partial charge in [0.25, 0.3) is 0 Å². The smallest absolute Gasteiger partial charge is 0.0672 e. The van der Waals surface area contributed by atoms with Crippen molar-refractivity contribution in [1.29, 1.82) is 0 Å². The summed E-state index contributed by atoms with van der Waals surface area (Å²) in [5, 5.41) is 8.42. The van der Waals surface area contributed by atoms with E-state index in [9.17, 15) is 0 Å². The van der Waals surface area contributed by atoms with Crippen LogP contribution in [0.15, 0.2) is 0 Å². The standard InChI is InChI=1S/C17H33N3/c1-7-15-17(14(6)18-9-3)16(8-2)20(19-15)12-10-11-13(4)5/h13-14,18H,7-12H2,1-6H3. The molecule has 116 valence electrons. The van der Waals surface area contributed by atoms with E-state index >= 15 is 0 Å². The Morgan fingerprint density at radius 3 is 2.30 bits per heavy atom. The zero-order chi connectivity index (χ0) is 15.1. The summed E-state index contributed by atoms with van der Waals surface area (Å²) in [5.41, 5.74) is 4.15. The lowest BCUT2D eigenvalue weighted by atomic mass is 10.0. The fourth-order valence-corrected chi connectivity index (χ4v) is 2.94. The van der Waals surface area contributed by atoms with Crippen molar-refractivity contribution in [3.63, 3.8) is 0 Å². The van der Waals surface area contributed by atoms with E-state index in [1.165, 1.54) is 29.8 Å². The molecule has 3 heteroatoms. The van der Waals surface area contributed by atoms with Gasteiger partial charge < -0.3 is 5.32 Å². The van der Waals surface area contributed by atoms with E-state index in [4.69, 9.17) is 5.10 Å². The Morgan fingerprint density at radius 2 is 1.80 bits per heavy atom. The van der Waals surface area contributed by atoms with Gasteiger partial charge in [0, 0.05) is 23.8 Å². The van der Waals surface area contributed by atoms with E-state index in [2.05, 4.69) is 51.5 Å². The molecule has 1 atom stereocenters. The van der Waals surface area contributed by atoms with Gasteiger partial charge >= 0.3 is 0 Å². The molecule has 1 unspecified atom stereocenters. The number of hydrogen-bond acceptors (Lipinski definition) is 2. The van der Waals surface area contributed by atoms with Gasteiger partial charge in [-0.05, 0) is 45.1 Å². The van der Waals surface area contributed by atoms with Gasteiger partial charge in [0.05, 0.1) is 5.69 Å². The lowest BCUT2D eigenvalue weighted by molar-refractivity contribution is 0.478. The molecule has 0 spiro atoms. The van der Waals surface area contributed by atoms with Crippen LogP contribution in [0.3, 0.4) is 0 Å². The molecule has 1 aromatic rings. The lowest BCUT2D eigenvalue weighted by Gasteiger charge is -2.15. The molecule has 1 heterocycles. The highest BCUT2D eigenvalue weighted by molar-refractivity contribution is 5.30. The molecule has 1 aromatic heterocycles. The minimum atomic E-state index is 0.406. The fraction of sp³-hybridized carbons (Fsp3) is 0.824. The van der Waals surface area contributed by atoms with Crippen molar-refractivity contribution in [3.05, 3.63) is 17.0 Å². The first-order valence-corrected chi connectivity index (χ1v) is 8.36. The predicted molar refractivity (Wildman–Crippen MR) is 87.1 cm³/mol. The van der Waals surface area contributed by atoms with Gasteiger partial charge in [0.1, 0.15) is 0 Å². The third-order valence-corrected chi connectivity index (χ3v) is 3.94. The molecule has 1 rings (SSSR count). The van der Waals surface area contributed by atoms with E-state index in [1.807, 2.05) is 0 Å². The van der Waals surface area contributed by atoms with E-state index in [0.717, 1.165) is 31.8 Å². The molecule has 0 saturated carbocycles. The minimum Gasteiger partial charge on any atom is -0.310 e. The Balaban J connectivity index is 2.95. The molecular formula is C17H33N3. The molecule has 0 amide bonds. The first kappa shape index (κ1) is 17.2. The summed E-state index contributed by atoms with van der Waals surface area (Å²) < 4.78 is 2.27. The van der Waals surface area contributed by atoms with Crippen LogP contribution in [0.2, 0.25) is 0 Å². The maximum absolute atomic E-state index is 4.88. The van der Waals surface area contributed by atoms with Crippen molar-refractivity contribution in [1.82, 2.24) is 15.1 Å². The minimum absolute atomic E-state index is 0.406. The number of nitrogens with one attached hydrogen (secondary N) is 1. The predicted octanol–water partition coefficient (Wildman–Crippen LogP) is 4.11. The van der Waals surface area contributed by atoms with Gasteiger partial charge in [-0.1, -0.05) is 34.6 Å². The SMILES string of the molecule is CCNC(C)c1c(CC)nn(CCCC(C)C)c1CC. The molecule has 0 fully saturated rings. The summed E-state index contributed by atoms with van der Waals surface area (Å²) >= 11 is 0. The molecule has 0 aliphatic heterocycles. The Kier molecular flexibility index (Phi) is 7.28. The Hall–Kier alpha value is -0.830. The molecule has 0 aliphatic rings. The maximum atomic E-state index is 4.88. The van der Waals surface area contributed by atoms with Crippen LogP contribution in [0.1, 0.15) is 77.4 Å². The second kappa shape index (κ2) is 8.46.